The van der Waals surface area contributed by atoms with Crippen molar-refractivity contribution in [3.8, 4) is 0 Å². The van der Waals surface area contributed by atoms with Gasteiger partial charge in [0.25, 0.3) is 0 Å². The summed E-state index contributed by atoms with van der Waals surface area (Å²) in [5.41, 5.74) is 2.24. The van der Waals surface area contributed by atoms with Crippen LogP contribution in [0.1, 0.15) is 39.5 Å². The third-order valence-corrected chi connectivity index (χ3v) is 2.32. The molecule has 1 rings (SSSR count). The van der Waals surface area contributed by atoms with Crippen LogP contribution < -0.4 is 0 Å². The van der Waals surface area contributed by atoms with Crippen LogP contribution in [0.15, 0.2) is 23.7 Å². The van der Waals surface area contributed by atoms with Gasteiger partial charge in [0.2, 0.25) is 0 Å². The Bertz CT molecular complexity index is 293. The van der Waals surface area contributed by atoms with Crippen molar-refractivity contribution < 1.29 is 19.1 Å². The molecule has 4 nitrogen and oxygen atoms in total. The van der Waals surface area contributed by atoms with Gasteiger partial charge < -0.3 is 9.47 Å². The highest BCUT2D eigenvalue weighted by Gasteiger charge is 2.11. The smallest absolute Gasteiger partial charge is 0.307 e. The molecular weight excluding hydrogens is 208 g/mol. The molecule has 16 heavy (non-hydrogen) atoms. The van der Waals surface area contributed by atoms with Crippen molar-refractivity contribution in [2.75, 3.05) is 0 Å². The first-order chi connectivity index (χ1) is 7.58. The van der Waals surface area contributed by atoms with Crippen LogP contribution in [-0.2, 0) is 19.1 Å². The lowest BCUT2D eigenvalue weighted by Crippen LogP contribution is -2.01. The number of rotatable bonds is 2. The Morgan fingerprint density at radius 1 is 0.875 bits per heavy atom. The summed E-state index contributed by atoms with van der Waals surface area (Å²) < 4.78 is 9.62. The van der Waals surface area contributed by atoms with Crippen molar-refractivity contribution in [3.05, 3.63) is 23.7 Å². The van der Waals surface area contributed by atoms with Crippen molar-refractivity contribution in [3.63, 3.8) is 0 Å². The van der Waals surface area contributed by atoms with Crippen LogP contribution in [0.3, 0.4) is 0 Å². The van der Waals surface area contributed by atoms with Gasteiger partial charge in [0.05, 0.1) is 12.5 Å². The molecule has 0 saturated heterocycles. The minimum Gasteiger partial charge on any atom is -0.435 e. The fourth-order valence-corrected chi connectivity index (χ4v) is 1.46. The van der Waals surface area contributed by atoms with E-state index in [1.807, 2.05) is 0 Å². The van der Waals surface area contributed by atoms with Gasteiger partial charge in [-0.3, -0.25) is 9.59 Å². The molecule has 0 amide bonds. The Morgan fingerprint density at radius 2 is 1.19 bits per heavy atom. The molecule has 0 unspecified atom stereocenters. The maximum absolute atomic E-state index is 10.6. The zero-order valence-corrected chi connectivity index (χ0v) is 9.62. The van der Waals surface area contributed by atoms with Crippen LogP contribution >= 0.6 is 0 Å². The van der Waals surface area contributed by atoms with E-state index in [0.29, 0.717) is 0 Å². The maximum atomic E-state index is 10.6. The van der Waals surface area contributed by atoms with Crippen molar-refractivity contribution in [1.82, 2.24) is 0 Å². The zero-order chi connectivity index (χ0) is 12.0. The van der Waals surface area contributed by atoms with Crippen LogP contribution in [0.2, 0.25) is 0 Å². The molecule has 0 spiro atoms. The van der Waals surface area contributed by atoms with Gasteiger partial charge in [0.15, 0.2) is 0 Å². The largest absolute Gasteiger partial charge is 0.435 e. The second-order valence-electron chi connectivity index (χ2n) is 3.77. The normalized spacial score (nSPS) is 15.4. The summed E-state index contributed by atoms with van der Waals surface area (Å²) in [6.07, 6.45) is 6.46. The fourth-order valence-electron chi connectivity index (χ4n) is 1.46. The van der Waals surface area contributed by atoms with Crippen LogP contribution in [0.25, 0.3) is 0 Å². The summed E-state index contributed by atoms with van der Waals surface area (Å²) >= 11 is 0. The van der Waals surface area contributed by atoms with Crippen LogP contribution in [0.4, 0.5) is 0 Å². The predicted molar refractivity (Wildman–Crippen MR) is 58.2 cm³/mol. The first kappa shape index (κ1) is 12.5. The van der Waals surface area contributed by atoms with Crippen molar-refractivity contribution in [2.45, 2.75) is 39.5 Å². The van der Waals surface area contributed by atoms with Crippen molar-refractivity contribution >= 4 is 11.9 Å². The Hall–Kier alpha value is -1.58. The molecule has 0 aromatic carbocycles. The van der Waals surface area contributed by atoms with Crippen LogP contribution in [0, 0.1) is 0 Å². The summed E-state index contributed by atoms with van der Waals surface area (Å²) in [4.78, 5) is 21.2. The second-order valence-corrected chi connectivity index (χ2v) is 3.77. The van der Waals surface area contributed by atoms with Gasteiger partial charge in [0, 0.05) is 13.8 Å². The molecule has 0 aliphatic heterocycles. The quantitative estimate of drug-likeness (QED) is 0.534. The van der Waals surface area contributed by atoms with Gasteiger partial charge in [0.1, 0.15) is 0 Å². The molecule has 0 aromatic rings. The second kappa shape index (κ2) is 6.10. The molecular formula is C12H16O4. The standard InChI is InChI=1S/C12H16O4/c1-9(13)15-7-11-3-5-12(6-4-11)8-16-10(2)14/h7-8H,3-6H2,1-2H3. The molecule has 0 heterocycles. The molecule has 0 bridgehead atoms. The molecule has 4 heteroatoms. The average Bonchev–Trinajstić information content (AvgIpc) is 2.25. The molecule has 1 saturated carbocycles. The molecule has 0 radical (unpaired) electrons. The summed E-state index contributed by atoms with van der Waals surface area (Å²) in [6, 6.07) is 0. The average molecular weight is 224 g/mol. The van der Waals surface area contributed by atoms with E-state index in [4.69, 9.17) is 9.47 Å². The zero-order valence-electron chi connectivity index (χ0n) is 9.62. The maximum Gasteiger partial charge on any atom is 0.307 e. The predicted octanol–water partition coefficient (Wildman–Crippen LogP) is 2.45. The number of esters is 2. The Balaban J connectivity index is 2.39. The van der Waals surface area contributed by atoms with E-state index in [-0.39, 0.29) is 11.9 Å². The lowest BCUT2D eigenvalue weighted by molar-refractivity contribution is -0.136. The van der Waals surface area contributed by atoms with Crippen LogP contribution in [-0.4, -0.2) is 11.9 Å². The number of carbonyl (C=O) groups is 2. The summed E-state index contributed by atoms with van der Waals surface area (Å²) in [6.45, 7) is 2.76. The fraction of sp³-hybridized carbons (Fsp3) is 0.500. The van der Waals surface area contributed by atoms with E-state index in [2.05, 4.69) is 0 Å². The summed E-state index contributed by atoms with van der Waals surface area (Å²) in [5, 5.41) is 0. The van der Waals surface area contributed by atoms with E-state index in [9.17, 15) is 9.59 Å². The Morgan fingerprint density at radius 3 is 1.44 bits per heavy atom. The lowest BCUT2D eigenvalue weighted by atomic mass is 9.92. The summed E-state index contributed by atoms with van der Waals surface area (Å²) in [7, 11) is 0. The third kappa shape index (κ3) is 4.77. The molecule has 0 aromatic heterocycles. The van der Waals surface area contributed by atoms with Crippen LogP contribution in [0.5, 0.6) is 0 Å². The number of ether oxygens (including phenoxy) is 2. The van der Waals surface area contributed by atoms with Gasteiger partial charge in [-0.1, -0.05) is 0 Å². The van der Waals surface area contributed by atoms with Gasteiger partial charge in [-0.15, -0.1) is 0 Å². The number of carbonyl (C=O) groups excluding carboxylic acids is 2. The SMILES string of the molecule is CC(=O)OC=C1CCC(=COC(C)=O)CC1. The molecule has 88 valence electrons. The molecule has 1 aliphatic carbocycles. The number of hydrogen-bond donors (Lipinski definition) is 0. The molecule has 1 aliphatic rings. The topological polar surface area (TPSA) is 52.6 Å². The van der Waals surface area contributed by atoms with Crippen molar-refractivity contribution in [2.24, 2.45) is 0 Å². The molecule has 0 atom stereocenters. The van der Waals surface area contributed by atoms with Gasteiger partial charge in [-0.2, -0.15) is 0 Å². The van der Waals surface area contributed by atoms with E-state index in [1.165, 1.54) is 26.4 Å². The number of hydrogen-bond acceptors (Lipinski definition) is 4. The van der Waals surface area contributed by atoms with Gasteiger partial charge >= 0.3 is 11.9 Å². The van der Waals surface area contributed by atoms with Crippen molar-refractivity contribution in [1.29, 1.82) is 0 Å². The van der Waals surface area contributed by atoms with E-state index in [1.54, 1.807) is 0 Å². The van der Waals surface area contributed by atoms with E-state index in [0.717, 1.165) is 36.8 Å². The monoisotopic (exact) mass is 224 g/mol. The highest BCUT2D eigenvalue weighted by atomic mass is 16.5. The molecule has 1 fully saturated rings. The Labute approximate surface area is 94.9 Å². The Kier molecular flexibility index (Phi) is 4.76. The number of allylic oxidation sites excluding steroid dienone is 2. The molecule has 0 N–H and O–H groups in total. The minimum atomic E-state index is -0.297. The third-order valence-electron chi connectivity index (χ3n) is 2.32. The first-order valence-electron chi connectivity index (χ1n) is 5.28. The highest BCUT2D eigenvalue weighted by Crippen LogP contribution is 2.27. The summed E-state index contributed by atoms with van der Waals surface area (Å²) in [5.74, 6) is -0.595. The highest BCUT2D eigenvalue weighted by molar-refractivity contribution is 5.67. The lowest BCUT2D eigenvalue weighted by Gasteiger charge is -2.16. The minimum absolute atomic E-state index is 0.297. The van der Waals surface area contributed by atoms with Gasteiger partial charge in [-0.25, -0.2) is 0 Å². The van der Waals surface area contributed by atoms with E-state index < -0.39 is 0 Å². The first-order valence-corrected chi connectivity index (χ1v) is 5.28. The van der Waals surface area contributed by atoms with Gasteiger partial charge in [-0.05, 0) is 36.8 Å². The van der Waals surface area contributed by atoms with E-state index >= 15 is 0 Å².